The average Bonchev–Trinajstić information content (AvgIpc) is 3.22. The first-order chi connectivity index (χ1) is 9.90. The van der Waals surface area contributed by atoms with Crippen LogP contribution in [-0.2, 0) is 14.8 Å². The summed E-state index contributed by atoms with van der Waals surface area (Å²) >= 11 is 3.27. The number of nitrogens with two attached hydrogens (primary N) is 1. The molecule has 0 aromatic heterocycles. The van der Waals surface area contributed by atoms with Crippen LogP contribution >= 0.6 is 15.9 Å². The Bertz CT molecular complexity index is 600. The number of halogens is 1. The fraction of sp³-hybridized carbons (Fsp3) is 0.571. The molecule has 1 aliphatic rings. The molecule has 2 rings (SSSR count). The Morgan fingerprint density at radius 1 is 1.43 bits per heavy atom. The molecule has 0 aliphatic heterocycles. The van der Waals surface area contributed by atoms with Gasteiger partial charge in [-0.15, -0.1) is 0 Å². The maximum absolute atomic E-state index is 12.3. The molecular formula is C14H21BrN2O3S. The fourth-order valence-corrected chi connectivity index (χ4v) is 3.95. The highest BCUT2D eigenvalue weighted by atomic mass is 79.9. The number of rotatable bonds is 8. The minimum Gasteiger partial charge on any atom is -0.398 e. The van der Waals surface area contributed by atoms with Gasteiger partial charge in [0.05, 0.1) is 4.90 Å². The van der Waals surface area contributed by atoms with Gasteiger partial charge in [0.25, 0.3) is 0 Å². The van der Waals surface area contributed by atoms with E-state index in [0.29, 0.717) is 35.3 Å². The van der Waals surface area contributed by atoms with Gasteiger partial charge >= 0.3 is 0 Å². The molecule has 1 aromatic rings. The quantitative estimate of drug-likeness (QED) is 0.539. The third-order valence-corrected chi connectivity index (χ3v) is 5.51. The van der Waals surface area contributed by atoms with Crippen molar-refractivity contribution in [2.75, 3.05) is 25.5 Å². The summed E-state index contributed by atoms with van der Waals surface area (Å²) in [6.45, 7) is 3.45. The van der Waals surface area contributed by atoms with Gasteiger partial charge in [-0.2, -0.15) is 0 Å². The molecule has 118 valence electrons. The molecule has 0 unspecified atom stereocenters. The Morgan fingerprint density at radius 2 is 2.14 bits per heavy atom. The molecule has 5 nitrogen and oxygen atoms in total. The largest absolute Gasteiger partial charge is 0.398 e. The van der Waals surface area contributed by atoms with E-state index in [1.165, 1.54) is 12.8 Å². The average molecular weight is 377 g/mol. The highest BCUT2D eigenvalue weighted by Gasteiger charge is 2.21. The molecule has 1 aliphatic carbocycles. The van der Waals surface area contributed by atoms with Gasteiger partial charge in [-0.3, -0.25) is 0 Å². The Labute approximate surface area is 134 Å². The van der Waals surface area contributed by atoms with Gasteiger partial charge < -0.3 is 10.5 Å². The molecule has 3 N–H and O–H groups in total. The summed E-state index contributed by atoms with van der Waals surface area (Å²) in [7, 11) is -3.54. The summed E-state index contributed by atoms with van der Waals surface area (Å²) < 4.78 is 33.3. The lowest BCUT2D eigenvalue weighted by Crippen LogP contribution is -2.26. The van der Waals surface area contributed by atoms with Crippen LogP contribution in [0.3, 0.4) is 0 Å². The SMILES string of the molecule is Cc1c(N)cc(Br)cc1S(=O)(=O)NCCCOCC1CC1. The van der Waals surface area contributed by atoms with Crippen molar-refractivity contribution < 1.29 is 13.2 Å². The Kier molecular flexibility index (Phi) is 5.65. The summed E-state index contributed by atoms with van der Waals surface area (Å²) in [5, 5.41) is 0. The van der Waals surface area contributed by atoms with Crippen molar-refractivity contribution in [3.05, 3.63) is 22.2 Å². The monoisotopic (exact) mass is 376 g/mol. The van der Waals surface area contributed by atoms with Gasteiger partial charge in [-0.05, 0) is 49.8 Å². The third kappa shape index (κ3) is 4.95. The minimum absolute atomic E-state index is 0.216. The van der Waals surface area contributed by atoms with E-state index in [-0.39, 0.29) is 4.90 Å². The van der Waals surface area contributed by atoms with Crippen LogP contribution in [0, 0.1) is 12.8 Å². The van der Waals surface area contributed by atoms with Crippen molar-refractivity contribution in [2.24, 2.45) is 5.92 Å². The molecular weight excluding hydrogens is 356 g/mol. The second-order valence-corrected chi connectivity index (χ2v) is 8.04. The lowest BCUT2D eigenvalue weighted by atomic mass is 10.2. The second kappa shape index (κ2) is 7.09. The summed E-state index contributed by atoms with van der Waals surface area (Å²) in [6.07, 6.45) is 3.18. The highest BCUT2D eigenvalue weighted by Crippen LogP contribution is 2.28. The molecule has 0 heterocycles. The predicted octanol–water partition coefficient (Wildman–Crippen LogP) is 2.43. The summed E-state index contributed by atoms with van der Waals surface area (Å²) in [5.41, 5.74) is 6.83. The van der Waals surface area contributed by atoms with Gasteiger partial charge in [0.15, 0.2) is 0 Å². The van der Waals surface area contributed by atoms with Crippen molar-refractivity contribution >= 4 is 31.6 Å². The van der Waals surface area contributed by atoms with Gasteiger partial charge in [-0.25, -0.2) is 13.1 Å². The summed E-state index contributed by atoms with van der Waals surface area (Å²) in [4.78, 5) is 0.216. The molecule has 1 saturated carbocycles. The van der Waals surface area contributed by atoms with Crippen LogP contribution in [0.2, 0.25) is 0 Å². The van der Waals surface area contributed by atoms with Crippen molar-refractivity contribution in [2.45, 2.75) is 31.1 Å². The number of nitrogens with one attached hydrogen (secondary N) is 1. The molecule has 1 aromatic carbocycles. The van der Waals surface area contributed by atoms with Crippen LogP contribution in [0.4, 0.5) is 5.69 Å². The zero-order valence-corrected chi connectivity index (χ0v) is 14.5. The van der Waals surface area contributed by atoms with Gasteiger partial charge in [0, 0.05) is 29.9 Å². The molecule has 21 heavy (non-hydrogen) atoms. The molecule has 0 amide bonds. The number of sulfonamides is 1. The molecule has 7 heteroatoms. The number of nitrogen functional groups attached to an aromatic ring is 1. The fourth-order valence-electron chi connectivity index (χ4n) is 1.95. The van der Waals surface area contributed by atoms with Gasteiger partial charge in [0.1, 0.15) is 0 Å². The van der Waals surface area contributed by atoms with Crippen LogP contribution in [0.5, 0.6) is 0 Å². The van der Waals surface area contributed by atoms with Crippen LogP contribution in [0.1, 0.15) is 24.8 Å². The Balaban J connectivity index is 1.86. The second-order valence-electron chi connectivity index (χ2n) is 5.39. The zero-order valence-electron chi connectivity index (χ0n) is 12.1. The lowest BCUT2D eigenvalue weighted by molar-refractivity contribution is 0.123. The number of benzene rings is 1. The smallest absolute Gasteiger partial charge is 0.240 e. The first-order valence-corrected chi connectivity index (χ1v) is 9.31. The molecule has 1 fully saturated rings. The van der Waals surface area contributed by atoms with Crippen LogP contribution in [-0.4, -0.2) is 28.2 Å². The number of anilines is 1. The first kappa shape index (κ1) is 16.7. The maximum Gasteiger partial charge on any atom is 0.240 e. The molecule has 0 atom stereocenters. The molecule has 0 radical (unpaired) electrons. The van der Waals surface area contributed by atoms with E-state index in [2.05, 4.69) is 20.7 Å². The van der Waals surface area contributed by atoms with E-state index in [1.54, 1.807) is 19.1 Å². The maximum atomic E-state index is 12.3. The summed E-state index contributed by atoms with van der Waals surface area (Å²) in [6, 6.07) is 3.26. The van der Waals surface area contributed by atoms with Gasteiger partial charge in [0.2, 0.25) is 10.0 Å². The predicted molar refractivity (Wildman–Crippen MR) is 86.6 cm³/mol. The number of ether oxygens (including phenoxy) is 1. The van der Waals surface area contributed by atoms with Crippen LogP contribution < -0.4 is 10.5 Å². The van der Waals surface area contributed by atoms with Crippen LogP contribution in [0.15, 0.2) is 21.5 Å². The van der Waals surface area contributed by atoms with Crippen molar-refractivity contribution in [1.82, 2.24) is 4.72 Å². The molecule has 0 saturated heterocycles. The van der Waals surface area contributed by atoms with Crippen molar-refractivity contribution in [3.8, 4) is 0 Å². The van der Waals surface area contributed by atoms with E-state index in [4.69, 9.17) is 10.5 Å². The Hall–Kier alpha value is -0.630. The first-order valence-electron chi connectivity index (χ1n) is 7.03. The van der Waals surface area contributed by atoms with E-state index in [9.17, 15) is 8.42 Å². The van der Waals surface area contributed by atoms with E-state index < -0.39 is 10.0 Å². The van der Waals surface area contributed by atoms with Crippen LogP contribution in [0.25, 0.3) is 0 Å². The highest BCUT2D eigenvalue weighted by molar-refractivity contribution is 9.10. The van der Waals surface area contributed by atoms with E-state index >= 15 is 0 Å². The normalized spacial score (nSPS) is 15.3. The number of hydrogen-bond donors (Lipinski definition) is 2. The topological polar surface area (TPSA) is 81.4 Å². The molecule has 0 bridgehead atoms. The van der Waals surface area contributed by atoms with E-state index in [0.717, 1.165) is 12.5 Å². The zero-order chi connectivity index (χ0) is 15.5. The van der Waals surface area contributed by atoms with Gasteiger partial charge in [-0.1, -0.05) is 15.9 Å². The molecule has 0 spiro atoms. The Morgan fingerprint density at radius 3 is 2.81 bits per heavy atom. The standard InChI is InChI=1S/C14H21BrN2O3S/c1-10-13(16)7-12(15)8-14(10)21(18,19)17-5-2-6-20-9-11-3-4-11/h7-8,11,17H,2-6,9,16H2,1H3. The van der Waals surface area contributed by atoms with Crippen molar-refractivity contribution in [3.63, 3.8) is 0 Å². The summed E-state index contributed by atoms with van der Waals surface area (Å²) in [5.74, 6) is 0.731. The third-order valence-electron chi connectivity index (χ3n) is 3.46. The minimum atomic E-state index is -3.54. The number of hydrogen-bond acceptors (Lipinski definition) is 4. The van der Waals surface area contributed by atoms with E-state index in [1.807, 2.05) is 0 Å². The lowest BCUT2D eigenvalue weighted by Gasteiger charge is -2.12. The van der Waals surface area contributed by atoms with Crippen molar-refractivity contribution in [1.29, 1.82) is 0 Å².